The molecule has 2 aromatic heterocycles. The Morgan fingerprint density at radius 3 is 2.78 bits per heavy atom. The van der Waals surface area contributed by atoms with Gasteiger partial charge < -0.3 is 10.1 Å². The van der Waals surface area contributed by atoms with E-state index in [1.54, 1.807) is 7.11 Å². The molecule has 2 heterocycles. The van der Waals surface area contributed by atoms with E-state index in [0.717, 1.165) is 20.7 Å². The standard InChI is InChI=1S/C15H13N3O2S3/c1-20-11-6-4-10(5-7-11)16-14-17-18-15(23-14)22-9-12(19)13-3-2-8-21-13/h2-8H,9H2,1H3,(H,16,17). The molecule has 0 saturated carbocycles. The van der Waals surface area contributed by atoms with Crippen molar-refractivity contribution in [3.8, 4) is 5.75 Å². The molecule has 0 spiro atoms. The van der Waals surface area contributed by atoms with E-state index in [-0.39, 0.29) is 5.78 Å². The lowest BCUT2D eigenvalue weighted by molar-refractivity contribution is 0.102. The molecule has 1 N–H and O–H groups in total. The zero-order valence-corrected chi connectivity index (χ0v) is 14.6. The first kappa shape index (κ1) is 16.0. The van der Waals surface area contributed by atoms with Gasteiger partial charge >= 0.3 is 0 Å². The lowest BCUT2D eigenvalue weighted by Crippen LogP contribution is -1.98. The number of hydrogen-bond acceptors (Lipinski definition) is 8. The Morgan fingerprint density at radius 1 is 1.26 bits per heavy atom. The third kappa shape index (κ3) is 4.31. The Kier molecular flexibility index (Phi) is 5.27. The summed E-state index contributed by atoms with van der Waals surface area (Å²) in [5.74, 6) is 1.29. The maximum Gasteiger partial charge on any atom is 0.210 e. The summed E-state index contributed by atoms with van der Waals surface area (Å²) in [5, 5.41) is 14.0. The molecule has 3 aromatic rings. The predicted octanol–water partition coefficient (Wildman–Crippen LogP) is 4.33. The minimum absolute atomic E-state index is 0.116. The average molecular weight is 363 g/mol. The normalized spacial score (nSPS) is 10.5. The van der Waals surface area contributed by atoms with Crippen LogP contribution in [-0.2, 0) is 0 Å². The van der Waals surface area contributed by atoms with E-state index < -0.39 is 0 Å². The van der Waals surface area contributed by atoms with Crippen LogP contribution in [-0.4, -0.2) is 28.8 Å². The van der Waals surface area contributed by atoms with Crippen LogP contribution in [0.5, 0.6) is 5.75 Å². The van der Waals surface area contributed by atoms with Gasteiger partial charge in [0.25, 0.3) is 0 Å². The highest BCUT2D eigenvalue weighted by Crippen LogP contribution is 2.29. The second kappa shape index (κ2) is 7.58. The van der Waals surface area contributed by atoms with Gasteiger partial charge in [-0.2, -0.15) is 0 Å². The number of carbonyl (C=O) groups is 1. The number of thiophene rings is 1. The van der Waals surface area contributed by atoms with E-state index >= 15 is 0 Å². The van der Waals surface area contributed by atoms with Crippen LogP contribution in [0.1, 0.15) is 9.67 Å². The summed E-state index contributed by atoms with van der Waals surface area (Å²) in [7, 11) is 1.63. The Bertz CT molecular complexity index is 770. The lowest BCUT2D eigenvalue weighted by Gasteiger charge is -2.03. The fourth-order valence-corrected chi connectivity index (χ4v) is 4.16. The maximum absolute atomic E-state index is 12.0. The Balaban J connectivity index is 1.56. The Labute approximate surface area is 145 Å². The van der Waals surface area contributed by atoms with Crippen molar-refractivity contribution in [2.24, 2.45) is 0 Å². The quantitative estimate of drug-likeness (QED) is 0.498. The first-order valence-corrected chi connectivity index (χ1v) is 9.37. The molecule has 0 saturated heterocycles. The van der Waals surface area contributed by atoms with E-state index in [4.69, 9.17) is 4.74 Å². The van der Waals surface area contributed by atoms with Gasteiger partial charge in [0.05, 0.1) is 17.7 Å². The van der Waals surface area contributed by atoms with Gasteiger partial charge in [-0.15, -0.1) is 21.5 Å². The molecule has 1 aromatic carbocycles. The minimum atomic E-state index is 0.116. The molecule has 0 unspecified atom stereocenters. The third-order valence-electron chi connectivity index (χ3n) is 2.87. The molecule has 0 aliphatic heterocycles. The molecule has 0 radical (unpaired) electrons. The third-order valence-corrected chi connectivity index (χ3v) is 5.75. The molecule has 23 heavy (non-hydrogen) atoms. The number of hydrogen-bond donors (Lipinski definition) is 1. The number of carbonyl (C=O) groups excluding carboxylic acids is 1. The van der Waals surface area contributed by atoms with Crippen LogP contribution in [0.15, 0.2) is 46.1 Å². The van der Waals surface area contributed by atoms with E-state index in [9.17, 15) is 4.79 Å². The van der Waals surface area contributed by atoms with Gasteiger partial charge in [-0.25, -0.2) is 0 Å². The summed E-state index contributed by atoms with van der Waals surface area (Å²) in [6.07, 6.45) is 0. The van der Waals surface area contributed by atoms with Gasteiger partial charge in [0.2, 0.25) is 5.13 Å². The van der Waals surface area contributed by atoms with Crippen LogP contribution >= 0.6 is 34.4 Å². The first-order valence-electron chi connectivity index (χ1n) is 6.68. The van der Waals surface area contributed by atoms with E-state index in [1.807, 2.05) is 41.8 Å². The Hall–Kier alpha value is -1.90. The number of anilines is 2. The summed E-state index contributed by atoms with van der Waals surface area (Å²) in [6, 6.07) is 11.3. The van der Waals surface area contributed by atoms with Crippen molar-refractivity contribution >= 4 is 51.0 Å². The van der Waals surface area contributed by atoms with E-state index in [2.05, 4.69) is 15.5 Å². The summed E-state index contributed by atoms with van der Waals surface area (Å²) in [6.45, 7) is 0. The largest absolute Gasteiger partial charge is 0.497 e. The highest BCUT2D eigenvalue weighted by atomic mass is 32.2. The van der Waals surface area contributed by atoms with E-state index in [1.165, 1.54) is 34.4 Å². The molecular formula is C15H13N3O2S3. The van der Waals surface area contributed by atoms with Crippen molar-refractivity contribution < 1.29 is 9.53 Å². The summed E-state index contributed by atoms with van der Waals surface area (Å²) in [4.78, 5) is 12.7. The predicted molar refractivity (Wildman–Crippen MR) is 95.6 cm³/mol. The Morgan fingerprint density at radius 2 is 2.09 bits per heavy atom. The minimum Gasteiger partial charge on any atom is -0.497 e. The molecule has 118 valence electrons. The molecule has 8 heteroatoms. The van der Waals surface area contributed by atoms with Crippen molar-refractivity contribution in [3.05, 3.63) is 46.7 Å². The summed E-state index contributed by atoms with van der Waals surface area (Å²) < 4.78 is 5.89. The second-order valence-electron chi connectivity index (χ2n) is 4.42. The van der Waals surface area contributed by atoms with Gasteiger partial charge in [0.1, 0.15) is 5.75 Å². The van der Waals surface area contributed by atoms with Crippen LogP contribution in [0.4, 0.5) is 10.8 Å². The number of Topliss-reactive ketones (excluding diaryl/α,β-unsaturated/α-hetero) is 1. The van der Waals surface area contributed by atoms with Crippen LogP contribution in [0.25, 0.3) is 0 Å². The molecule has 5 nitrogen and oxygen atoms in total. The summed E-state index contributed by atoms with van der Waals surface area (Å²) >= 11 is 4.29. The lowest BCUT2D eigenvalue weighted by atomic mass is 10.3. The van der Waals surface area contributed by atoms with Gasteiger partial charge in [-0.3, -0.25) is 4.79 Å². The smallest absolute Gasteiger partial charge is 0.210 e. The molecule has 0 amide bonds. The number of nitrogens with zero attached hydrogens (tertiary/aromatic N) is 2. The van der Waals surface area contributed by atoms with Gasteiger partial charge in [-0.05, 0) is 35.7 Å². The molecule has 0 aliphatic carbocycles. The molecule has 3 rings (SSSR count). The zero-order valence-electron chi connectivity index (χ0n) is 12.2. The molecule has 0 aliphatic rings. The van der Waals surface area contributed by atoms with E-state index in [0.29, 0.717) is 10.9 Å². The SMILES string of the molecule is COc1ccc(Nc2nnc(SCC(=O)c3cccs3)s2)cc1. The van der Waals surface area contributed by atoms with Crippen LogP contribution in [0.2, 0.25) is 0 Å². The zero-order chi connectivity index (χ0) is 16.1. The maximum atomic E-state index is 12.0. The van der Waals surface area contributed by atoms with Crippen LogP contribution in [0.3, 0.4) is 0 Å². The van der Waals surface area contributed by atoms with Gasteiger partial charge in [0, 0.05) is 5.69 Å². The van der Waals surface area contributed by atoms with Gasteiger partial charge in [0.15, 0.2) is 10.1 Å². The van der Waals surface area contributed by atoms with Gasteiger partial charge in [-0.1, -0.05) is 29.2 Å². The topological polar surface area (TPSA) is 64.1 Å². The number of ketones is 1. The average Bonchev–Trinajstić information content (AvgIpc) is 3.25. The number of rotatable bonds is 7. The van der Waals surface area contributed by atoms with Crippen LogP contribution in [0, 0.1) is 0 Å². The molecule has 0 atom stereocenters. The highest BCUT2D eigenvalue weighted by molar-refractivity contribution is 8.01. The highest BCUT2D eigenvalue weighted by Gasteiger charge is 2.11. The number of thioether (sulfide) groups is 1. The summed E-state index contributed by atoms with van der Waals surface area (Å²) in [5.41, 5.74) is 0.910. The number of nitrogens with one attached hydrogen (secondary N) is 1. The van der Waals surface area contributed by atoms with Crippen LogP contribution < -0.4 is 10.1 Å². The molecular weight excluding hydrogens is 350 g/mol. The number of methoxy groups -OCH3 is 1. The fraction of sp³-hybridized carbons (Fsp3) is 0.133. The number of benzene rings is 1. The van der Waals surface area contributed by atoms with Crippen molar-refractivity contribution in [1.29, 1.82) is 0 Å². The van der Waals surface area contributed by atoms with Crippen molar-refractivity contribution in [2.75, 3.05) is 18.2 Å². The number of ether oxygens (including phenoxy) is 1. The molecule has 0 bridgehead atoms. The van der Waals surface area contributed by atoms with Crippen molar-refractivity contribution in [1.82, 2.24) is 10.2 Å². The second-order valence-corrected chi connectivity index (χ2v) is 7.56. The van der Waals surface area contributed by atoms with Crippen molar-refractivity contribution in [2.45, 2.75) is 4.34 Å². The fourth-order valence-electron chi connectivity index (χ4n) is 1.75. The monoisotopic (exact) mass is 363 g/mol. The van der Waals surface area contributed by atoms with Crippen molar-refractivity contribution in [3.63, 3.8) is 0 Å². The first-order chi connectivity index (χ1) is 11.2. The number of aromatic nitrogens is 2. The molecule has 0 fully saturated rings.